The van der Waals surface area contributed by atoms with Crippen molar-refractivity contribution in [3.8, 4) is 5.75 Å². The van der Waals surface area contributed by atoms with Gasteiger partial charge in [-0.05, 0) is 45.3 Å². The molecule has 0 bridgehead atoms. The Morgan fingerprint density at radius 1 is 1.31 bits per heavy atom. The molecule has 0 aromatic heterocycles. The average molecular weight is 416 g/mol. The van der Waals surface area contributed by atoms with Gasteiger partial charge in [-0.25, -0.2) is 5.43 Å². The summed E-state index contributed by atoms with van der Waals surface area (Å²) in [5.74, 6) is -0.984. The molecular formula is C19H18BrN3O3. The first-order valence-corrected chi connectivity index (χ1v) is 8.88. The van der Waals surface area contributed by atoms with E-state index in [9.17, 15) is 9.59 Å². The fraction of sp³-hybridized carbons (Fsp3) is 0.211. The zero-order valence-corrected chi connectivity index (χ0v) is 15.7. The highest BCUT2D eigenvalue weighted by Gasteiger charge is 2.40. The molecule has 0 aliphatic carbocycles. The van der Waals surface area contributed by atoms with Crippen molar-refractivity contribution in [2.75, 3.05) is 13.7 Å². The Kier molecular flexibility index (Phi) is 5.68. The third-order valence-corrected chi connectivity index (χ3v) is 4.88. The SMILES string of the molecule is COc1ccc(/C=N\NC(=O)[C@@H]2C(=O)NC[C@@H]2c2ccccc2)cc1Br. The molecule has 2 aromatic carbocycles. The minimum absolute atomic E-state index is 0.200. The van der Waals surface area contributed by atoms with Crippen molar-refractivity contribution in [1.82, 2.24) is 10.7 Å². The monoisotopic (exact) mass is 415 g/mol. The Hall–Kier alpha value is -2.67. The maximum absolute atomic E-state index is 12.5. The molecule has 1 fully saturated rings. The highest BCUT2D eigenvalue weighted by Crippen LogP contribution is 2.29. The standard InChI is InChI=1S/C19H18BrN3O3/c1-26-16-8-7-12(9-15(16)20)10-22-23-19(25)17-14(11-21-18(17)24)13-5-3-2-4-6-13/h2-10,14,17H,11H2,1H3,(H,21,24)(H,23,25)/b22-10-/t14-,17+/m1/s1. The van der Waals surface area contributed by atoms with E-state index in [1.807, 2.05) is 42.5 Å². The van der Waals surface area contributed by atoms with Crippen molar-refractivity contribution >= 4 is 34.0 Å². The number of benzene rings is 2. The number of carbonyl (C=O) groups excluding carboxylic acids is 2. The van der Waals surface area contributed by atoms with Gasteiger partial charge < -0.3 is 10.1 Å². The second kappa shape index (κ2) is 8.14. The first-order valence-electron chi connectivity index (χ1n) is 8.09. The van der Waals surface area contributed by atoms with Crippen molar-refractivity contribution in [2.45, 2.75) is 5.92 Å². The van der Waals surface area contributed by atoms with Crippen molar-refractivity contribution in [2.24, 2.45) is 11.0 Å². The second-order valence-corrected chi connectivity index (χ2v) is 6.72. The molecule has 2 aromatic rings. The van der Waals surface area contributed by atoms with Crippen LogP contribution in [0.1, 0.15) is 17.0 Å². The van der Waals surface area contributed by atoms with Gasteiger partial charge in [-0.2, -0.15) is 5.10 Å². The number of ether oxygens (including phenoxy) is 1. The van der Waals surface area contributed by atoms with Gasteiger partial charge in [-0.15, -0.1) is 0 Å². The second-order valence-electron chi connectivity index (χ2n) is 5.87. The molecule has 2 N–H and O–H groups in total. The summed E-state index contributed by atoms with van der Waals surface area (Å²) in [6, 6.07) is 15.0. The van der Waals surface area contributed by atoms with Crippen LogP contribution in [0, 0.1) is 5.92 Å². The first-order chi connectivity index (χ1) is 12.6. The lowest BCUT2D eigenvalue weighted by atomic mass is 9.88. The Labute approximate surface area is 159 Å². The number of amides is 2. The van der Waals surface area contributed by atoms with Crippen LogP contribution in [0.15, 0.2) is 58.1 Å². The van der Waals surface area contributed by atoms with Crippen LogP contribution in [0.25, 0.3) is 0 Å². The quantitative estimate of drug-likeness (QED) is 0.447. The van der Waals surface area contributed by atoms with Gasteiger partial charge in [-0.1, -0.05) is 30.3 Å². The Morgan fingerprint density at radius 2 is 2.08 bits per heavy atom. The fourth-order valence-corrected chi connectivity index (χ4v) is 3.49. The van der Waals surface area contributed by atoms with E-state index in [4.69, 9.17) is 4.74 Å². The number of hydrazone groups is 1. The molecule has 3 rings (SSSR count). The summed E-state index contributed by atoms with van der Waals surface area (Å²) in [6.45, 7) is 0.441. The van der Waals surface area contributed by atoms with Crippen molar-refractivity contribution in [1.29, 1.82) is 0 Å². The smallest absolute Gasteiger partial charge is 0.253 e. The maximum Gasteiger partial charge on any atom is 0.253 e. The van der Waals surface area contributed by atoms with E-state index in [0.29, 0.717) is 12.3 Å². The van der Waals surface area contributed by atoms with Gasteiger partial charge in [0.1, 0.15) is 11.7 Å². The topological polar surface area (TPSA) is 79.8 Å². The summed E-state index contributed by atoms with van der Waals surface area (Å²) in [4.78, 5) is 24.6. The molecule has 134 valence electrons. The van der Waals surface area contributed by atoms with Gasteiger partial charge in [0.15, 0.2) is 0 Å². The lowest BCUT2D eigenvalue weighted by molar-refractivity contribution is -0.133. The molecule has 1 aliphatic rings. The van der Waals surface area contributed by atoms with Crippen molar-refractivity contribution in [3.05, 3.63) is 64.1 Å². The molecule has 7 heteroatoms. The fourth-order valence-electron chi connectivity index (χ4n) is 2.94. The van der Waals surface area contributed by atoms with Gasteiger partial charge in [0.2, 0.25) is 5.91 Å². The predicted octanol–water partition coefficient (Wildman–Crippen LogP) is 2.44. The van der Waals surface area contributed by atoms with Crippen LogP contribution in [-0.4, -0.2) is 31.7 Å². The zero-order valence-electron chi connectivity index (χ0n) is 14.1. The van der Waals surface area contributed by atoms with E-state index in [-0.39, 0.29) is 11.8 Å². The summed E-state index contributed by atoms with van der Waals surface area (Å²) < 4.78 is 5.96. The zero-order chi connectivity index (χ0) is 18.5. The molecule has 1 saturated heterocycles. The van der Waals surface area contributed by atoms with Crippen molar-refractivity contribution < 1.29 is 14.3 Å². The number of halogens is 1. The molecule has 26 heavy (non-hydrogen) atoms. The molecular weight excluding hydrogens is 398 g/mol. The number of nitrogens with zero attached hydrogens (tertiary/aromatic N) is 1. The summed E-state index contributed by atoms with van der Waals surface area (Å²) in [6.07, 6.45) is 1.52. The molecule has 2 amide bonds. The van der Waals surface area contributed by atoms with Crippen LogP contribution < -0.4 is 15.5 Å². The summed E-state index contributed by atoms with van der Waals surface area (Å²) in [5.41, 5.74) is 4.21. The average Bonchev–Trinajstić information content (AvgIpc) is 3.04. The lowest BCUT2D eigenvalue weighted by Gasteiger charge is -2.15. The van der Waals surface area contributed by atoms with Gasteiger partial charge in [0.25, 0.3) is 5.91 Å². The van der Waals surface area contributed by atoms with E-state index in [1.165, 1.54) is 6.21 Å². The van der Waals surface area contributed by atoms with Gasteiger partial charge in [-0.3, -0.25) is 9.59 Å². The minimum Gasteiger partial charge on any atom is -0.496 e. The lowest BCUT2D eigenvalue weighted by Crippen LogP contribution is -2.34. The largest absolute Gasteiger partial charge is 0.496 e. The number of methoxy groups -OCH3 is 1. The third-order valence-electron chi connectivity index (χ3n) is 4.26. The van der Waals surface area contributed by atoms with Gasteiger partial charge in [0, 0.05) is 12.5 Å². The first kappa shape index (κ1) is 18.1. The Morgan fingerprint density at radius 3 is 2.77 bits per heavy atom. The van der Waals surface area contributed by atoms with Crippen LogP contribution in [0.5, 0.6) is 5.75 Å². The van der Waals surface area contributed by atoms with Crippen LogP contribution in [0.3, 0.4) is 0 Å². The van der Waals surface area contributed by atoms with E-state index in [2.05, 4.69) is 31.8 Å². The maximum atomic E-state index is 12.5. The Bertz CT molecular complexity index is 839. The van der Waals surface area contributed by atoms with E-state index >= 15 is 0 Å². The highest BCUT2D eigenvalue weighted by molar-refractivity contribution is 9.10. The van der Waals surface area contributed by atoms with Crippen LogP contribution >= 0.6 is 15.9 Å². The number of hydrogen-bond donors (Lipinski definition) is 2. The highest BCUT2D eigenvalue weighted by atomic mass is 79.9. The molecule has 6 nitrogen and oxygen atoms in total. The Balaban J connectivity index is 1.68. The summed E-state index contributed by atoms with van der Waals surface area (Å²) in [7, 11) is 1.59. The molecule has 0 saturated carbocycles. The summed E-state index contributed by atoms with van der Waals surface area (Å²) >= 11 is 3.40. The molecule has 0 unspecified atom stereocenters. The molecule has 2 atom stereocenters. The van der Waals surface area contributed by atoms with Crippen LogP contribution in [0.2, 0.25) is 0 Å². The third kappa shape index (κ3) is 3.94. The molecule has 0 spiro atoms. The van der Waals surface area contributed by atoms with Gasteiger partial charge >= 0.3 is 0 Å². The van der Waals surface area contributed by atoms with Gasteiger partial charge in [0.05, 0.1) is 17.8 Å². The minimum atomic E-state index is -0.794. The van der Waals surface area contributed by atoms with E-state index in [1.54, 1.807) is 13.2 Å². The number of hydrogen-bond acceptors (Lipinski definition) is 4. The molecule has 1 aliphatic heterocycles. The molecule has 1 heterocycles. The number of carbonyl (C=O) groups is 2. The van der Waals surface area contributed by atoms with Crippen molar-refractivity contribution in [3.63, 3.8) is 0 Å². The van der Waals surface area contributed by atoms with Crippen LogP contribution in [-0.2, 0) is 9.59 Å². The predicted molar refractivity (Wildman–Crippen MR) is 102 cm³/mol. The molecule has 0 radical (unpaired) electrons. The van der Waals surface area contributed by atoms with Crippen LogP contribution in [0.4, 0.5) is 0 Å². The van der Waals surface area contributed by atoms with E-state index < -0.39 is 11.8 Å². The van der Waals surface area contributed by atoms with E-state index in [0.717, 1.165) is 15.6 Å². The number of nitrogens with one attached hydrogen (secondary N) is 2. The normalized spacial score (nSPS) is 19.4. The number of rotatable bonds is 5. The summed E-state index contributed by atoms with van der Waals surface area (Å²) in [5, 5.41) is 6.73.